The molecule has 0 aromatic rings. The second kappa shape index (κ2) is 50.0. The highest BCUT2D eigenvalue weighted by molar-refractivity contribution is 5.71. The summed E-state index contributed by atoms with van der Waals surface area (Å²) < 4.78 is 16.8. The van der Waals surface area contributed by atoms with Crippen molar-refractivity contribution in [2.24, 2.45) is 0 Å². The molecule has 6 nitrogen and oxygen atoms in total. The van der Waals surface area contributed by atoms with Gasteiger partial charge in [0.1, 0.15) is 13.2 Å². The molecule has 0 rings (SSSR count). The minimum absolute atomic E-state index is 0.0885. The van der Waals surface area contributed by atoms with E-state index in [4.69, 9.17) is 14.2 Å². The van der Waals surface area contributed by atoms with Crippen LogP contribution in [0.5, 0.6) is 0 Å². The predicted molar refractivity (Wildman–Crippen MR) is 261 cm³/mol. The highest BCUT2D eigenvalue weighted by Crippen LogP contribution is 2.14. The molecule has 0 aliphatic heterocycles. The highest BCUT2D eigenvalue weighted by atomic mass is 16.6. The van der Waals surface area contributed by atoms with Crippen molar-refractivity contribution >= 4 is 17.9 Å². The average Bonchev–Trinajstić information content (AvgIpc) is 3.26. The van der Waals surface area contributed by atoms with E-state index >= 15 is 0 Å². The standard InChI is InChI=1S/C55H98O6/c1-4-7-10-13-16-19-22-24-26-28-30-33-36-39-42-45-48-54(57)60-51-52(50-59-53(56)47-44-41-38-35-32-21-18-15-12-9-6-3)61-55(58)49-46-43-40-37-34-31-29-27-25-23-20-17-14-11-8-5-2/h15,18,21,26-29,32,52H,4-14,16-17,19-20,22-25,30-31,33-51H2,1-3H3/b18-15-,28-26-,29-27-,32-21-. The van der Waals surface area contributed by atoms with Gasteiger partial charge in [-0.15, -0.1) is 0 Å². The van der Waals surface area contributed by atoms with E-state index in [9.17, 15) is 14.4 Å². The smallest absolute Gasteiger partial charge is 0.306 e. The lowest BCUT2D eigenvalue weighted by Gasteiger charge is -2.18. The van der Waals surface area contributed by atoms with Crippen LogP contribution in [0.1, 0.15) is 265 Å². The van der Waals surface area contributed by atoms with Gasteiger partial charge < -0.3 is 14.2 Å². The third-order valence-corrected chi connectivity index (χ3v) is 11.3. The predicted octanol–water partition coefficient (Wildman–Crippen LogP) is 17.1. The third-order valence-electron chi connectivity index (χ3n) is 11.3. The highest BCUT2D eigenvalue weighted by Gasteiger charge is 2.19. The van der Waals surface area contributed by atoms with Crippen LogP contribution < -0.4 is 0 Å². The second-order valence-electron chi connectivity index (χ2n) is 17.5. The fraction of sp³-hybridized carbons (Fsp3) is 0.800. The number of hydrogen-bond acceptors (Lipinski definition) is 6. The van der Waals surface area contributed by atoms with Crippen LogP contribution in [-0.2, 0) is 28.6 Å². The topological polar surface area (TPSA) is 78.9 Å². The molecule has 61 heavy (non-hydrogen) atoms. The van der Waals surface area contributed by atoms with Crippen molar-refractivity contribution in [3.05, 3.63) is 48.6 Å². The van der Waals surface area contributed by atoms with Gasteiger partial charge in [0.25, 0.3) is 0 Å². The number of carbonyl (C=O) groups excluding carboxylic acids is 3. The minimum Gasteiger partial charge on any atom is -0.462 e. The second-order valence-corrected chi connectivity index (χ2v) is 17.5. The summed E-state index contributed by atoms with van der Waals surface area (Å²) in [6, 6.07) is 0. The Labute approximate surface area is 378 Å². The van der Waals surface area contributed by atoms with Crippen molar-refractivity contribution in [2.75, 3.05) is 13.2 Å². The summed E-state index contributed by atoms with van der Waals surface area (Å²) in [5, 5.41) is 0. The third kappa shape index (κ3) is 48.3. The summed E-state index contributed by atoms with van der Waals surface area (Å²) in [6.07, 6.45) is 59.5. The zero-order chi connectivity index (χ0) is 44.4. The van der Waals surface area contributed by atoms with E-state index < -0.39 is 6.10 Å². The molecule has 0 saturated heterocycles. The first kappa shape index (κ1) is 58.4. The molecule has 0 heterocycles. The summed E-state index contributed by atoms with van der Waals surface area (Å²) in [5.74, 6) is -0.928. The maximum atomic E-state index is 12.8. The van der Waals surface area contributed by atoms with Crippen LogP contribution in [0.4, 0.5) is 0 Å². The Morgan fingerprint density at radius 1 is 0.328 bits per heavy atom. The lowest BCUT2D eigenvalue weighted by atomic mass is 10.1. The lowest BCUT2D eigenvalue weighted by Crippen LogP contribution is -2.30. The van der Waals surface area contributed by atoms with E-state index in [0.29, 0.717) is 19.3 Å². The van der Waals surface area contributed by atoms with E-state index in [1.54, 1.807) is 0 Å². The van der Waals surface area contributed by atoms with Gasteiger partial charge in [-0.1, -0.05) is 204 Å². The zero-order valence-electron chi connectivity index (χ0n) is 40.4. The molecule has 0 bridgehead atoms. The Hall–Kier alpha value is -2.63. The summed E-state index contributed by atoms with van der Waals surface area (Å²) >= 11 is 0. The molecule has 0 fully saturated rings. The van der Waals surface area contributed by atoms with Gasteiger partial charge in [0.2, 0.25) is 0 Å². The van der Waals surface area contributed by atoms with Gasteiger partial charge in [0.15, 0.2) is 6.10 Å². The number of rotatable bonds is 47. The van der Waals surface area contributed by atoms with Gasteiger partial charge in [0.05, 0.1) is 0 Å². The van der Waals surface area contributed by atoms with Crippen molar-refractivity contribution in [1.29, 1.82) is 0 Å². The maximum Gasteiger partial charge on any atom is 0.306 e. The number of ether oxygens (including phenoxy) is 3. The van der Waals surface area contributed by atoms with E-state index in [1.165, 1.54) is 135 Å². The molecular formula is C55H98O6. The van der Waals surface area contributed by atoms with Crippen molar-refractivity contribution in [2.45, 2.75) is 271 Å². The number of esters is 3. The normalized spacial score (nSPS) is 12.4. The molecule has 0 aromatic heterocycles. The van der Waals surface area contributed by atoms with Crippen molar-refractivity contribution < 1.29 is 28.6 Å². The summed E-state index contributed by atoms with van der Waals surface area (Å²) in [6.45, 7) is 6.55. The summed E-state index contributed by atoms with van der Waals surface area (Å²) in [7, 11) is 0. The first-order chi connectivity index (χ1) is 30.0. The van der Waals surface area contributed by atoms with Gasteiger partial charge in [-0.05, 0) is 89.9 Å². The molecule has 0 spiro atoms. The van der Waals surface area contributed by atoms with Crippen LogP contribution in [0.25, 0.3) is 0 Å². The Bertz CT molecular complexity index is 1070. The van der Waals surface area contributed by atoms with Crippen molar-refractivity contribution in [1.82, 2.24) is 0 Å². The van der Waals surface area contributed by atoms with Crippen LogP contribution >= 0.6 is 0 Å². The molecule has 0 aliphatic carbocycles. The zero-order valence-corrected chi connectivity index (χ0v) is 40.4. The van der Waals surface area contributed by atoms with Gasteiger partial charge in [-0.25, -0.2) is 0 Å². The fourth-order valence-corrected chi connectivity index (χ4v) is 7.29. The van der Waals surface area contributed by atoms with Gasteiger partial charge >= 0.3 is 17.9 Å². The molecule has 0 N–H and O–H groups in total. The Kier molecular flexibility index (Phi) is 47.9. The van der Waals surface area contributed by atoms with E-state index in [2.05, 4.69) is 69.4 Å². The molecule has 1 unspecified atom stereocenters. The summed E-state index contributed by atoms with van der Waals surface area (Å²) in [5.41, 5.74) is 0. The quantitative estimate of drug-likeness (QED) is 0.0199. The Morgan fingerprint density at radius 3 is 0.984 bits per heavy atom. The van der Waals surface area contributed by atoms with Crippen LogP contribution in [0.2, 0.25) is 0 Å². The molecule has 0 saturated carbocycles. The van der Waals surface area contributed by atoms with Gasteiger partial charge in [-0.3, -0.25) is 14.4 Å². The van der Waals surface area contributed by atoms with Crippen LogP contribution in [0, 0.1) is 0 Å². The SMILES string of the molecule is CCCC/C=C\C=C/CCCCCC(=O)OCC(COC(=O)CCCCCCC/C=C\CCCCCCCCC)OC(=O)CCCCCCC/C=C\CCCCCCCCC. The Balaban J connectivity index is 4.39. The average molecular weight is 855 g/mol. The van der Waals surface area contributed by atoms with E-state index in [1.807, 2.05) is 0 Å². The Morgan fingerprint density at radius 2 is 0.607 bits per heavy atom. The monoisotopic (exact) mass is 855 g/mol. The number of hydrogen-bond donors (Lipinski definition) is 0. The number of allylic oxidation sites excluding steroid dienone is 8. The molecule has 6 heteroatoms. The van der Waals surface area contributed by atoms with Crippen molar-refractivity contribution in [3.8, 4) is 0 Å². The van der Waals surface area contributed by atoms with Gasteiger partial charge in [-0.2, -0.15) is 0 Å². The largest absolute Gasteiger partial charge is 0.462 e. The van der Waals surface area contributed by atoms with E-state index in [-0.39, 0.29) is 31.1 Å². The van der Waals surface area contributed by atoms with Crippen LogP contribution in [0.15, 0.2) is 48.6 Å². The van der Waals surface area contributed by atoms with Crippen LogP contribution in [-0.4, -0.2) is 37.2 Å². The fourth-order valence-electron chi connectivity index (χ4n) is 7.29. The first-order valence-corrected chi connectivity index (χ1v) is 26.2. The molecule has 354 valence electrons. The molecule has 1 atom stereocenters. The maximum absolute atomic E-state index is 12.8. The van der Waals surface area contributed by atoms with E-state index in [0.717, 1.165) is 89.9 Å². The number of unbranched alkanes of at least 4 members (excludes halogenated alkanes) is 29. The molecule has 0 radical (unpaired) electrons. The first-order valence-electron chi connectivity index (χ1n) is 26.2. The van der Waals surface area contributed by atoms with Crippen LogP contribution in [0.3, 0.4) is 0 Å². The van der Waals surface area contributed by atoms with Crippen molar-refractivity contribution in [3.63, 3.8) is 0 Å². The number of carbonyl (C=O) groups is 3. The lowest BCUT2D eigenvalue weighted by molar-refractivity contribution is -0.167. The minimum atomic E-state index is -0.789. The molecular weight excluding hydrogens is 757 g/mol. The molecule has 0 aliphatic rings. The van der Waals surface area contributed by atoms with Gasteiger partial charge in [0, 0.05) is 19.3 Å². The molecule has 0 amide bonds. The molecule has 0 aromatic carbocycles. The summed E-state index contributed by atoms with van der Waals surface area (Å²) in [4.78, 5) is 37.9.